The zero-order valence-electron chi connectivity index (χ0n) is 9.52. The lowest BCUT2D eigenvalue weighted by Gasteiger charge is -2.07. The van der Waals surface area contributed by atoms with Crippen molar-refractivity contribution in [3.8, 4) is 0 Å². The van der Waals surface area contributed by atoms with Crippen LogP contribution in [0.5, 0.6) is 0 Å². The highest BCUT2D eigenvalue weighted by atomic mass is 32.1. The van der Waals surface area contributed by atoms with Crippen LogP contribution in [0.1, 0.15) is 20.8 Å². The van der Waals surface area contributed by atoms with Crippen molar-refractivity contribution >= 4 is 28.1 Å². The third-order valence-corrected chi connectivity index (χ3v) is 3.25. The van der Waals surface area contributed by atoms with Crippen LogP contribution in [0.3, 0.4) is 0 Å². The SMILES string of the molecule is Cc1ccc(C)c(Nc2ncc(C(=O)O)s2)c1. The number of benzene rings is 1. The first-order valence-electron chi connectivity index (χ1n) is 5.09. The number of hydrogen-bond donors (Lipinski definition) is 2. The molecular weight excluding hydrogens is 236 g/mol. The maximum absolute atomic E-state index is 10.7. The second-order valence-corrected chi connectivity index (χ2v) is 4.81. The molecule has 2 rings (SSSR count). The number of rotatable bonds is 3. The number of carboxylic acid groups (broad SMARTS) is 1. The molecule has 5 heteroatoms. The van der Waals surface area contributed by atoms with E-state index in [9.17, 15) is 4.79 Å². The van der Waals surface area contributed by atoms with Crippen molar-refractivity contribution in [1.29, 1.82) is 0 Å². The summed E-state index contributed by atoms with van der Waals surface area (Å²) >= 11 is 1.13. The van der Waals surface area contributed by atoms with E-state index in [-0.39, 0.29) is 4.88 Å². The van der Waals surface area contributed by atoms with Crippen LogP contribution in [-0.4, -0.2) is 16.1 Å². The van der Waals surface area contributed by atoms with E-state index in [4.69, 9.17) is 5.11 Å². The minimum Gasteiger partial charge on any atom is -0.477 e. The Bertz CT molecular complexity index is 563. The van der Waals surface area contributed by atoms with Crippen LogP contribution in [0.4, 0.5) is 10.8 Å². The van der Waals surface area contributed by atoms with Crippen LogP contribution in [0, 0.1) is 13.8 Å². The first-order valence-corrected chi connectivity index (χ1v) is 5.91. The quantitative estimate of drug-likeness (QED) is 0.875. The van der Waals surface area contributed by atoms with Gasteiger partial charge in [0.2, 0.25) is 0 Å². The number of nitrogens with one attached hydrogen (secondary N) is 1. The molecule has 0 atom stereocenters. The van der Waals surface area contributed by atoms with Gasteiger partial charge in [0, 0.05) is 5.69 Å². The molecule has 1 aromatic heterocycles. The maximum atomic E-state index is 10.7. The molecule has 17 heavy (non-hydrogen) atoms. The Balaban J connectivity index is 2.25. The molecule has 0 saturated carbocycles. The molecule has 1 heterocycles. The number of nitrogens with zero attached hydrogens (tertiary/aromatic N) is 1. The molecule has 0 unspecified atom stereocenters. The summed E-state index contributed by atoms with van der Waals surface area (Å²) in [5.41, 5.74) is 3.20. The van der Waals surface area contributed by atoms with Gasteiger partial charge in [-0.05, 0) is 31.0 Å². The average molecular weight is 248 g/mol. The van der Waals surface area contributed by atoms with Crippen molar-refractivity contribution < 1.29 is 9.90 Å². The van der Waals surface area contributed by atoms with Gasteiger partial charge in [-0.3, -0.25) is 0 Å². The Morgan fingerprint density at radius 3 is 2.82 bits per heavy atom. The molecule has 0 spiro atoms. The molecule has 0 amide bonds. The van der Waals surface area contributed by atoms with Gasteiger partial charge in [0.1, 0.15) is 4.88 Å². The fraction of sp³-hybridized carbons (Fsp3) is 0.167. The first-order chi connectivity index (χ1) is 8.06. The number of carbonyl (C=O) groups is 1. The summed E-state index contributed by atoms with van der Waals surface area (Å²) in [5, 5.41) is 12.5. The topological polar surface area (TPSA) is 62.2 Å². The standard InChI is InChI=1S/C12H12N2O2S/c1-7-3-4-8(2)9(5-7)14-12-13-6-10(17-12)11(15)16/h3-6H,1-2H3,(H,13,14)(H,15,16). The van der Waals surface area contributed by atoms with E-state index >= 15 is 0 Å². The van der Waals surface area contributed by atoms with Gasteiger partial charge in [-0.1, -0.05) is 23.5 Å². The minimum atomic E-state index is -0.948. The predicted octanol–water partition coefficient (Wildman–Crippen LogP) is 3.20. The van der Waals surface area contributed by atoms with Crippen LogP contribution in [-0.2, 0) is 0 Å². The monoisotopic (exact) mass is 248 g/mol. The molecule has 0 aliphatic carbocycles. The number of aryl methyl sites for hydroxylation is 2. The van der Waals surface area contributed by atoms with E-state index in [2.05, 4.69) is 10.3 Å². The van der Waals surface area contributed by atoms with Crippen LogP contribution < -0.4 is 5.32 Å². The molecule has 4 nitrogen and oxygen atoms in total. The van der Waals surface area contributed by atoms with Crippen molar-refractivity contribution in [1.82, 2.24) is 4.98 Å². The number of carboxylic acids is 1. The summed E-state index contributed by atoms with van der Waals surface area (Å²) in [6.45, 7) is 4.00. The highest BCUT2D eigenvalue weighted by molar-refractivity contribution is 7.17. The second kappa shape index (κ2) is 4.55. The van der Waals surface area contributed by atoms with Crippen molar-refractivity contribution in [2.45, 2.75) is 13.8 Å². The summed E-state index contributed by atoms with van der Waals surface area (Å²) in [4.78, 5) is 15.0. The second-order valence-electron chi connectivity index (χ2n) is 3.78. The molecule has 0 fully saturated rings. The third kappa shape index (κ3) is 2.62. The van der Waals surface area contributed by atoms with E-state index in [1.165, 1.54) is 6.20 Å². The van der Waals surface area contributed by atoms with Gasteiger partial charge in [0.25, 0.3) is 0 Å². The minimum absolute atomic E-state index is 0.234. The predicted molar refractivity (Wildman–Crippen MR) is 68.3 cm³/mol. The van der Waals surface area contributed by atoms with Gasteiger partial charge < -0.3 is 10.4 Å². The Hall–Kier alpha value is -1.88. The van der Waals surface area contributed by atoms with Crippen LogP contribution in [0.25, 0.3) is 0 Å². The summed E-state index contributed by atoms with van der Waals surface area (Å²) in [7, 11) is 0. The fourth-order valence-electron chi connectivity index (χ4n) is 1.42. The van der Waals surface area contributed by atoms with E-state index < -0.39 is 5.97 Å². The number of hydrogen-bond acceptors (Lipinski definition) is 4. The van der Waals surface area contributed by atoms with Crippen molar-refractivity contribution in [2.24, 2.45) is 0 Å². The molecule has 0 radical (unpaired) electrons. The Morgan fingerprint density at radius 1 is 1.41 bits per heavy atom. The lowest BCUT2D eigenvalue weighted by Crippen LogP contribution is -1.92. The average Bonchev–Trinajstić information content (AvgIpc) is 2.72. The molecule has 0 aliphatic heterocycles. The Kier molecular flexibility index (Phi) is 3.10. The number of aromatic carboxylic acids is 1. The van der Waals surface area contributed by atoms with E-state index in [0.29, 0.717) is 5.13 Å². The smallest absolute Gasteiger partial charge is 0.347 e. The maximum Gasteiger partial charge on any atom is 0.347 e. The molecule has 0 saturated heterocycles. The number of anilines is 2. The van der Waals surface area contributed by atoms with Gasteiger partial charge >= 0.3 is 5.97 Å². The first kappa shape index (κ1) is 11.6. The molecule has 0 aliphatic rings. The zero-order chi connectivity index (χ0) is 12.4. The van der Waals surface area contributed by atoms with Crippen molar-refractivity contribution in [3.05, 3.63) is 40.4 Å². The molecule has 1 aromatic carbocycles. The fourth-order valence-corrected chi connectivity index (χ4v) is 2.08. The number of thiazole rings is 1. The van der Waals surface area contributed by atoms with Crippen LogP contribution >= 0.6 is 11.3 Å². The molecule has 2 aromatic rings. The van der Waals surface area contributed by atoms with Crippen LogP contribution in [0.2, 0.25) is 0 Å². The highest BCUT2D eigenvalue weighted by Crippen LogP contribution is 2.25. The summed E-state index contributed by atoms with van der Waals surface area (Å²) in [5.74, 6) is -0.948. The van der Waals surface area contributed by atoms with Gasteiger partial charge in [0.05, 0.1) is 6.20 Å². The largest absolute Gasteiger partial charge is 0.477 e. The molecular formula is C12H12N2O2S. The van der Waals surface area contributed by atoms with Crippen molar-refractivity contribution in [2.75, 3.05) is 5.32 Å². The summed E-state index contributed by atoms with van der Waals surface area (Å²) in [6, 6.07) is 6.06. The summed E-state index contributed by atoms with van der Waals surface area (Å²) in [6.07, 6.45) is 1.36. The van der Waals surface area contributed by atoms with Gasteiger partial charge in [-0.25, -0.2) is 9.78 Å². The molecule has 0 bridgehead atoms. The van der Waals surface area contributed by atoms with E-state index in [1.54, 1.807) is 0 Å². The van der Waals surface area contributed by atoms with E-state index in [0.717, 1.165) is 28.2 Å². The molecule has 2 N–H and O–H groups in total. The Labute approximate surface area is 103 Å². The van der Waals surface area contributed by atoms with Crippen LogP contribution in [0.15, 0.2) is 24.4 Å². The molecule has 88 valence electrons. The number of aromatic nitrogens is 1. The Morgan fingerprint density at radius 2 is 2.18 bits per heavy atom. The third-order valence-electron chi connectivity index (χ3n) is 2.35. The van der Waals surface area contributed by atoms with Gasteiger partial charge in [0.15, 0.2) is 5.13 Å². The summed E-state index contributed by atoms with van der Waals surface area (Å²) < 4.78 is 0. The lowest BCUT2D eigenvalue weighted by molar-refractivity contribution is 0.0702. The lowest BCUT2D eigenvalue weighted by atomic mass is 10.1. The van der Waals surface area contributed by atoms with Gasteiger partial charge in [-0.2, -0.15) is 0 Å². The van der Waals surface area contributed by atoms with E-state index in [1.807, 2.05) is 32.0 Å². The normalized spacial score (nSPS) is 10.2. The van der Waals surface area contributed by atoms with Gasteiger partial charge in [-0.15, -0.1) is 0 Å². The van der Waals surface area contributed by atoms with Crippen molar-refractivity contribution in [3.63, 3.8) is 0 Å². The highest BCUT2D eigenvalue weighted by Gasteiger charge is 2.09. The zero-order valence-corrected chi connectivity index (χ0v) is 10.3.